The van der Waals surface area contributed by atoms with Gasteiger partial charge in [0.15, 0.2) is 0 Å². The molecule has 1 aromatic carbocycles. The molecule has 0 fully saturated rings. The van der Waals surface area contributed by atoms with Crippen LogP contribution in [0, 0.1) is 0 Å². The second kappa shape index (κ2) is 8.62. The van der Waals surface area contributed by atoms with Crippen LogP contribution in [0.5, 0.6) is 11.6 Å². The predicted molar refractivity (Wildman–Crippen MR) is 115 cm³/mol. The van der Waals surface area contributed by atoms with E-state index in [-0.39, 0.29) is 6.54 Å². The molecule has 0 saturated heterocycles. The normalized spacial score (nSPS) is 12.0. The van der Waals surface area contributed by atoms with Crippen LogP contribution in [-0.2, 0) is 7.05 Å². The number of aliphatic hydroxyl groups is 1. The van der Waals surface area contributed by atoms with Gasteiger partial charge in [0.05, 0.1) is 17.5 Å². The van der Waals surface area contributed by atoms with Gasteiger partial charge in [-0.2, -0.15) is 5.10 Å². The lowest BCUT2D eigenvalue weighted by Gasteiger charge is -2.12. The van der Waals surface area contributed by atoms with Crippen molar-refractivity contribution in [3.8, 4) is 34.3 Å². The third-order valence-electron chi connectivity index (χ3n) is 4.59. The van der Waals surface area contributed by atoms with Crippen LogP contribution in [0.3, 0.4) is 0 Å². The minimum atomic E-state index is -0.744. The first-order valence-electron chi connectivity index (χ1n) is 9.32. The summed E-state index contributed by atoms with van der Waals surface area (Å²) in [7, 11) is 1.80. The van der Waals surface area contributed by atoms with Gasteiger partial charge < -0.3 is 15.6 Å². The monoisotopic (exact) mass is 421 g/mol. The van der Waals surface area contributed by atoms with Gasteiger partial charge in [-0.3, -0.25) is 9.97 Å². The van der Waals surface area contributed by atoms with Crippen LogP contribution in [0.2, 0.25) is 5.02 Å². The van der Waals surface area contributed by atoms with Crippen LogP contribution in [0.15, 0.2) is 67.0 Å². The molecule has 0 amide bonds. The van der Waals surface area contributed by atoms with Crippen molar-refractivity contribution in [2.45, 2.75) is 6.10 Å². The molecule has 7 nitrogen and oxygen atoms in total. The zero-order chi connectivity index (χ0) is 21.1. The van der Waals surface area contributed by atoms with Gasteiger partial charge in [0, 0.05) is 54.3 Å². The summed E-state index contributed by atoms with van der Waals surface area (Å²) in [6, 6.07) is 16.4. The van der Waals surface area contributed by atoms with Crippen molar-refractivity contribution in [1.29, 1.82) is 0 Å². The first kappa shape index (κ1) is 20.0. The standard InChI is InChI=1S/C22H20ClN5O2/c1-28-22(11-19(27-28)18-4-2-3-9-25-18)30-21-10-15(23)6-7-16(21)17-8-5-14(13-26-17)20(29)12-24/h2-11,13,20,29H,12,24H2,1H3/t20-/m0/s1. The fourth-order valence-corrected chi connectivity index (χ4v) is 3.15. The molecule has 0 aliphatic carbocycles. The highest BCUT2D eigenvalue weighted by molar-refractivity contribution is 6.30. The Morgan fingerprint density at radius 2 is 1.93 bits per heavy atom. The van der Waals surface area contributed by atoms with Gasteiger partial charge in [0.1, 0.15) is 11.4 Å². The average molecular weight is 422 g/mol. The average Bonchev–Trinajstić information content (AvgIpc) is 3.14. The summed E-state index contributed by atoms with van der Waals surface area (Å²) in [5, 5.41) is 14.9. The number of ether oxygens (including phenoxy) is 1. The van der Waals surface area contributed by atoms with Gasteiger partial charge in [-0.25, -0.2) is 4.68 Å². The maximum absolute atomic E-state index is 9.88. The SMILES string of the molecule is Cn1nc(-c2ccccn2)cc1Oc1cc(Cl)ccc1-c1ccc([C@@H](O)CN)cn1. The minimum absolute atomic E-state index is 0.134. The highest BCUT2D eigenvalue weighted by Gasteiger charge is 2.15. The third kappa shape index (κ3) is 4.18. The smallest absolute Gasteiger partial charge is 0.218 e. The highest BCUT2D eigenvalue weighted by Crippen LogP contribution is 2.35. The molecule has 152 valence electrons. The molecule has 8 heteroatoms. The van der Waals surface area contributed by atoms with Gasteiger partial charge in [0.2, 0.25) is 5.88 Å². The van der Waals surface area contributed by atoms with Gasteiger partial charge in [0.25, 0.3) is 0 Å². The summed E-state index contributed by atoms with van der Waals surface area (Å²) in [4.78, 5) is 8.78. The first-order chi connectivity index (χ1) is 14.5. The van der Waals surface area contributed by atoms with E-state index in [4.69, 9.17) is 22.1 Å². The molecule has 30 heavy (non-hydrogen) atoms. The summed E-state index contributed by atoms with van der Waals surface area (Å²) in [6.45, 7) is 0.134. The second-order valence-corrected chi connectivity index (χ2v) is 7.11. The number of aromatic nitrogens is 4. The van der Waals surface area contributed by atoms with Crippen LogP contribution in [0.4, 0.5) is 0 Å². The van der Waals surface area contributed by atoms with Gasteiger partial charge in [-0.1, -0.05) is 23.7 Å². The summed E-state index contributed by atoms with van der Waals surface area (Å²) in [5.74, 6) is 1.08. The summed E-state index contributed by atoms with van der Waals surface area (Å²) in [5.41, 5.74) is 9.07. The lowest BCUT2D eigenvalue weighted by Crippen LogP contribution is -2.11. The fourth-order valence-electron chi connectivity index (χ4n) is 2.99. The number of halogens is 1. The molecule has 0 saturated carbocycles. The van der Waals surface area contributed by atoms with Crippen LogP contribution < -0.4 is 10.5 Å². The molecule has 3 aromatic heterocycles. The molecule has 0 aliphatic rings. The number of aliphatic hydroxyl groups excluding tert-OH is 1. The Kier molecular flexibility index (Phi) is 5.76. The van der Waals surface area contributed by atoms with Crippen molar-refractivity contribution in [2.75, 3.05) is 6.54 Å². The van der Waals surface area contributed by atoms with E-state index in [1.165, 1.54) is 0 Å². The summed E-state index contributed by atoms with van der Waals surface area (Å²) in [6.07, 6.45) is 2.58. The first-order valence-corrected chi connectivity index (χ1v) is 9.70. The quantitative estimate of drug-likeness (QED) is 0.488. The molecular formula is C22H20ClN5O2. The van der Waals surface area contributed by atoms with E-state index in [0.29, 0.717) is 33.6 Å². The van der Waals surface area contributed by atoms with Crippen molar-refractivity contribution < 1.29 is 9.84 Å². The van der Waals surface area contributed by atoms with E-state index < -0.39 is 6.10 Å². The Bertz CT molecular complexity index is 1150. The number of nitrogens with two attached hydrogens (primary N) is 1. The molecule has 0 aliphatic heterocycles. The molecule has 0 bridgehead atoms. The molecule has 0 spiro atoms. The van der Waals surface area contributed by atoms with Gasteiger partial charge in [-0.05, 0) is 30.3 Å². The molecule has 3 heterocycles. The Hall–Kier alpha value is -3.26. The molecular weight excluding hydrogens is 402 g/mol. The Balaban J connectivity index is 1.67. The van der Waals surface area contributed by atoms with Crippen molar-refractivity contribution in [3.05, 3.63) is 77.6 Å². The predicted octanol–water partition coefficient (Wildman–Crippen LogP) is 3.98. The van der Waals surface area contributed by atoms with E-state index in [1.807, 2.05) is 36.4 Å². The number of pyridine rings is 2. The lowest BCUT2D eigenvalue weighted by molar-refractivity contribution is 0.186. The second-order valence-electron chi connectivity index (χ2n) is 6.68. The van der Waals surface area contributed by atoms with Crippen LogP contribution in [0.1, 0.15) is 11.7 Å². The van der Waals surface area contributed by atoms with Crippen LogP contribution in [0.25, 0.3) is 22.6 Å². The van der Waals surface area contributed by atoms with E-state index in [1.54, 1.807) is 42.3 Å². The fraction of sp³-hybridized carbons (Fsp3) is 0.136. The zero-order valence-electron chi connectivity index (χ0n) is 16.2. The molecule has 3 N–H and O–H groups in total. The molecule has 0 radical (unpaired) electrons. The van der Waals surface area contributed by atoms with E-state index in [0.717, 1.165) is 11.3 Å². The Morgan fingerprint density at radius 1 is 1.07 bits per heavy atom. The number of hydrogen-bond donors (Lipinski definition) is 2. The van der Waals surface area contributed by atoms with Crippen LogP contribution in [-0.4, -0.2) is 31.4 Å². The third-order valence-corrected chi connectivity index (χ3v) is 4.83. The number of hydrogen-bond acceptors (Lipinski definition) is 6. The summed E-state index contributed by atoms with van der Waals surface area (Å²) >= 11 is 6.22. The number of benzene rings is 1. The van der Waals surface area contributed by atoms with E-state index >= 15 is 0 Å². The van der Waals surface area contributed by atoms with Gasteiger partial charge >= 0.3 is 0 Å². The van der Waals surface area contributed by atoms with Crippen LogP contribution >= 0.6 is 11.6 Å². The van der Waals surface area contributed by atoms with Crippen molar-refractivity contribution >= 4 is 11.6 Å². The van der Waals surface area contributed by atoms with E-state index in [9.17, 15) is 5.11 Å². The number of rotatable bonds is 6. The minimum Gasteiger partial charge on any atom is -0.439 e. The van der Waals surface area contributed by atoms with Crippen molar-refractivity contribution in [3.63, 3.8) is 0 Å². The molecule has 1 atom stereocenters. The Morgan fingerprint density at radius 3 is 2.63 bits per heavy atom. The van der Waals surface area contributed by atoms with Crippen molar-refractivity contribution in [2.24, 2.45) is 12.8 Å². The molecule has 4 rings (SSSR count). The maximum atomic E-state index is 9.88. The molecule has 4 aromatic rings. The van der Waals surface area contributed by atoms with Gasteiger partial charge in [-0.15, -0.1) is 0 Å². The van der Waals surface area contributed by atoms with Crippen molar-refractivity contribution in [1.82, 2.24) is 19.7 Å². The largest absolute Gasteiger partial charge is 0.439 e. The summed E-state index contributed by atoms with van der Waals surface area (Å²) < 4.78 is 7.80. The number of nitrogens with zero attached hydrogens (tertiary/aromatic N) is 4. The highest BCUT2D eigenvalue weighted by atomic mass is 35.5. The zero-order valence-corrected chi connectivity index (χ0v) is 17.0. The maximum Gasteiger partial charge on any atom is 0.218 e. The lowest BCUT2D eigenvalue weighted by atomic mass is 10.1. The Labute approximate surface area is 178 Å². The number of aryl methyl sites for hydroxylation is 1. The molecule has 0 unspecified atom stereocenters. The topological polar surface area (TPSA) is 99.1 Å². The van der Waals surface area contributed by atoms with E-state index in [2.05, 4.69) is 15.1 Å².